The summed E-state index contributed by atoms with van der Waals surface area (Å²) in [5.74, 6) is 5.19. The molecular weight excluding hydrogens is 262 g/mol. The summed E-state index contributed by atoms with van der Waals surface area (Å²) in [6.45, 7) is 3.84. The maximum atomic E-state index is 13.6. The van der Waals surface area contributed by atoms with Crippen LogP contribution in [0, 0.1) is 18.6 Å². The van der Waals surface area contributed by atoms with Gasteiger partial charge in [0.2, 0.25) is 0 Å². The zero-order chi connectivity index (χ0) is 14.7. The highest BCUT2D eigenvalue weighted by atomic mass is 19.1. The van der Waals surface area contributed by atoms with Gasteiger partial charge in [-0.1, -0.05) is 13.0 Å². The molecule has 2 aromatic rings. The highest BCUT2D eigenvalue weighted by molar-refractivity contribution is 5.45. The van der Waals surface area contributed by atoms with Crippen LogP contribution in [0.3, 0.4) is 0 Å². The molecule has 0 aliphatic rings. The van der Waals surface area contributed by atoms with Crippen molar-refractivity contribution >= 4 is 5.82 Å². The largest absolute Gasteiger partial charge is 0.308 e. The van der Waals surface area contributed by atoms with Gasteiger partial charge in [-0.3, -0.25) is 0 Å². The summed E-state index contributed by atoms with van der Waals surface area (Å²) in [5.41, 5.74) is 4.59. The molecular formula is C14H16F2N4. The van der Waals surface area contributed by atoms with E-state index in [9.17, 15) is 8.78 Å². The van der Waals surface area contributed by atoms with Crippen molar-refractivity contribution in [3.05, 3.63) is 52.5 Å². The molecule has 0 amide bonds. The third-order valence-corrected chi connectivity index (χ3v) is 3.13. The minimum absolute atomic E-state index is 0.189. The third-order valence-electron chi connectivity index (χ3n) is 3.13. The molecule has 1 heterocycles. The Bertz CT molecular complexity index is 604. The summed E-state index contributed by atoms with van der Waals surface area (Å²) in [5, 5.41) is 0. The lowest BCUT2D eigenvalue weighted by atomic mass is 10.1. The van der Waals surface area contributed by atoms with Gasteiger partial charge in [0.1, 0.15) is 23.3 Å². The molecule has 0 fully saturated rings. The predicted octanol–water partition coefficient (Wildman–Crippen LogP) is 2.50. The molecule has 1 aromatic carbocycles. The van der Waals surface area contributed by atoms with Crippen molar-refractivity contribution < 1.29 is 8.78 Å². The topological polar surface area (TPSA) is 63.8 Å². The Kier molecular flexibility index (Phi) is 4.24. The summed E-state index contributed by atoms with van der Waals surface area (Å²) in [6, 6.07) is 3.47. The van der Waals surface area contributed by atoms with E-state index in [1.165, 1.54) is 12.1 Å². The van der Waals surface area contributed by atoms with Crippen LogP contribution in [0.5, 0.6) is 0 Å². The standard InChI is InChI=1S/C14H16F2N4/c1-3-12-8(2)14(20-17)19-13(18-12)6-9-4-5-10(15)7-11(9)16/h4-5,7H,3,6,17H2,1-2H3,(H,18,19,20). The first kappa shape index (κ1) is 14.3. The molecule has 0 aliphatic carbocycles. The lowest BCUT2D eigenvalue weighted by Crippen LogP contribution is -2.14. The Morgan fingerprint density at radius 2 is 2.00 bits per heavy atom. The first-order valence-corrected chi connectivity index (χ1v) is 6.32. The summed E-state index contributed by atoms with van der Waals surface area (Å²) in [7, 11) is 0. The number of hydrogen-bond donors (Lipinski definition) is 2. The number of anilines is 1. The number of nitrogens with one attached hydrogen (secondary N) is 1. The molecule has 0 saturated carbocycles. The lowest BCUT2D eigenvalue weighted by Gasteiger charge is -2.11. The lowest BCUT2D eigenvalue weighted by molar-refractivity contribution is 0.573. The van der Waals surface area contributed by atoms with E-state index in [-0.39, 0.29) is 6.42 Å². The second-order valence-electron chi connectivity index (χ2n) is 4.47. The van der Waals surface area contributed by atoms with Crippen molar-refractivity contribution in [2.45, 2.75) is 26.7 Å². The first-order chi connectivity index (χ1) is 9.55. The SMILES string of the molecule is CCc1nc(Cc2ccc(F)cc2F)nc(NN)c1C. The van der Waals surface area contributed by atoms with Crippen molar-refractivity contribution in [3.8, 4) is 0 Å². The van der Waals surface area contributed by atoms with Gasteiger partial charge in [0.05, 0.1) is 0 Å². The summed E-state index contributed by atoms with van der Waals surface area (Å²) < 4.78 is 26.5. The number of hydrazine groups is 1. The number of nitrogen functional groups attached to an aromatic ring is 1. The Morgan fingerprint density at radius 3 is 2.60 bits per heavy atom. The fourth-order valence-electron chi connectivity index (χ4n) is 2.01. The van der Waals surface area contributed by atoms with E-state index in [2.05, 4.69) is 15.4 Å². The van der Waals surface area contributed by atoms with Gasteiger partial charge in [-0.2, -0.15) is 0 Å². The van der Waals surface area contributed by atoms with Gasteiger partial charge >= 0.3 is 0 Å². The van der Waals surface area contributed by atoms with Crippen LogP contribution in [-0.4, -0.2) is 9.97 Å². The van der Waals surface area contributed by atoms with E-state index in [0.717, 1.165) is 23.7 Å². The fourth-order valence-corrected chi connectivity index (χ4v) is 2.01. The fraction of sp³-hybridized carbons (Fsp3) is 0.286. The molecule has 0 bridgehead atoms. The average molecular weight is 278 g/mol. The van der Waals surface area contributed by atoms with Crippen molar-refractivity contribution in [2.75, 3.05) is 5.43 Å². The average Bonchev–Trinajstić information content (AvgIpc) is 2.43. The molecule has 0 atom stereocenters. The van der Waals surface area contributed by atoms with Crippen LogP contribution < -0.4 is 11.3 Å². The maximum Gasteiger partial charge on any atom is 0.146 e. The molecule has 20 heavy (non-hydrogen) atoms. The van der Waals surface area contributed by atoms with Crippen molar-refractivity contribution in [1.82, 2.24) is 9.97 Å². The van der Waals surface area contributed by atoms with Gasteiger partial charge in [-0.15, -0.1) is 0 Å². The van der Waals surface area contributed by atoms with Crippen molar-refractivity contribution in [2.24, 2.45) is 5.84 Å². The van der Waals surface area contributed by atoms with E-state index in [1.807, 2.05) is 13.8 Å². The Hall–Kier alpha value is -2.08. The zero-order valence-corrected chi connectivity index (χ0v) is 11.4. The highest BCUT2D eigenvalue weighted by Crippen LogP contribution is 2.18. The van der Waals surface area contributed by atoms with Crippen LogP contribution in [0.15, 0.2) is 18.2 Å². The molecule has 1 aromatic heterocycles. The summed E-state index contributed by atoms with van der Waals surface area (Å²) >= 11 is 0. The number of nitrogens with two attached hydrogens (primary N) is 1. The molecule has 0 spiro atoms. The molecule has 0 saturated heterocycles. The molecule has 2 rings (SSSR count). The van der Waals surface area contributed by atoms with E-state index in [0.29, 0.717) is 17.2 Å². The van der Waals surface area contributed by atoms with E-state index in [1.54, 1.807) is 0 Å². The Labute approximate surface area is 116 Å². The molecule has 0 aliphatic heterocycles. The molecule has 0 radical (unpaired) electrons. The van der Waals surface area contributed by atoms with E-state index in [4.69, 9.17) is 5.84 Å². The molecule has 0 unspecified atom stereocenters. The predicted molar refractivity (Wildman–Crippen MR) is 73.1 cm³/mol. The minimum Gasteiger partial charge on any atom is -0.308 e. The molecule has 4 nitrogen and oxygen atoms in total. The number of benzene rings is 1. The van der Waals surface area contributed by atoms with Gasteiger partial charge in [-0.05, 0) is 25.0 Å². The number of hydrogen-bond acceptors (Lipinski definition) is 4. The van der Waals surface area contributed by atoms with Gasteiger partial charge in [0.25, 0.3) is 0 Å². The quantitative estimate of drug-likeness (QED) is 0.666. The molecule has 6 heteroatoms. The van der Waals surface area contributed by atoms with Crippen LogP contribution in [-0.2, 0) is 12.8 Å². The van der Waals surface area contributed by atoms with Crippen LogP contribution in [0.25, 0.3) is 0 Å². The van der Waals surface area contributed by atoms with Crippen molar-refractivity contribution in [3.63, 3.8) is 0 Å². The normalized spacial score (nSPS) is 10.7. The first-order valence-electron chi connectivity index (χ1n) is 6.32. The maximum absolute atomic E-state index is 13.6. The van der Waals surface area contributed by atoms with Crippen LogP contribution >= 0.6 is 0 Å². The second-order valence-corrected chi connectivity index (χ2v) is 4.47. The van der Waals surface area contributed by atoms with Crippen LogP contribution in [0.1, 0.15) is 29.6 Å². The summed E-state index contributed by atoms with van der Waals surface area (Å²) in [4.78, 5) is 8.64. The number of aromatic nitrogens is 2. The smallest absolute Gasteiger partial charge is 0.146 e. The van der Waals surface area contributed by atoms with Crippen LogP contribution in [0.4, 0.5) is 14.6 Å². The monoisotopic (exact) mass is 278 g/mol. The van der Waals surface area contributed by atoms with Crippen molar-refractivity contribution in [1.29, 1.82) is 0 Å². The number of nitrogens with zero attached hydrogens (tertiary/aromatic N) is 2. The second kappa shape index (κ2) is 5.92. The van der Waals surface area contributed by atoms with Gasteiger partial charge < -0.3 is 5.43 Å². The number of rotatable bonds is 4. The molecule has 106 valence electrons. The minimum atomic E-state index is -0.602. The third kappa shape index (κ3) is 2.91. The van der Waals surface area contributed by atoms with Crippen LogP contribution in [0.2, 0.25) is 0 Å². The number of halogens is 2. The summed E-state index contributed by atoms with van der Waals surface area (Å²) in [6.07, 6.45) is 0.913. The van der Waals surface area contributed by atoms with Gasteiger partial charge in [0.15, 0.2) is 0 Å². The Balaban J connectivity index is 2.38. The molecule has 3 N–H and O–H groups in total. The van der Waals surface area contributed by atoms with Gasteiger partial charge in [0, 0.05) is 23.7 Å². The number of aryl methyl sites for hydroxylation is 1. The zero-order valence-electron chi connectivity index (χ0n) is 11.4. The van der Waals surface area contributed by atoms with Gasteiger partial charge in [-0.25, -0.2) is 24.6 Å². The van der Waals surface area contributed by atoms with E-state index >= 15 is 0 Å². The highest BCUT2D eigenvalue weighted by Gasteiger charge is 2.11. The Morgan fingerprint density at radius 1 is 1.25 bits per heavy atom. The van der Waals surface area contributed by atoms with E-state index < -0.39 is 11.6 Å².